The number of aromatic nitrogens is 1. The van der Waals surface area contributed by atoms with Crippen molar-refractivity contribution in [3.63, 3.8) is 0 Å². The molecule has 0 saturated carbocycles. The van der Waals surface area contributed by atoms with Crippen LogP contribution in [-0.4, -0.2) is 24.0 Å². The molecule has 0 aliphatic carbocycles. The highest BCUT2D eigenvalue weighted by molar-refractivity contribution is 6.04. The van der Waals surface area contributed by atoms with Crippen molar-refractivity contribution in [2.24, 2.45) is 5.92 Å². The van der Waals surface area contributed by atoms with Gasteiger partial charge in [-0.25, -0.2) is 4.98 Å². The first kappa shape index (κ1) is 20.3. The van der Waals surface area contributed by atoms with Crippen LogP contribution in [0, 0.1) is 11.3 Å². The summed E-state index contributed by atoms with van der Waals surface area (Å²) in [5.41, 5.74) is 3.12. The number of guanidine groups is 1. The molecule has 3 N–H and O–H groups in total. The summed E-state index contributed by atoms with van der Waals surface area (Å²) in [6.07, 6.45) is 2.60. The number of nitrogens with zero attached hydrogens (tertiary/aromatic N) is 1. The highest BCUT2D eigenvalue weighted by Crippen LogP contribution is 2.33. The number of carbonyl (C=O) groups excluding carboxylic acids is 1. The minimum absolute atomic E-state index is 0.0969. The molecule has 0 fully saturated rings. The van der Waals surface area contributed by atoms with Gasteiger partial charge in [-0.3, -0.25) is 15.5 Å². The Labute approximate surface area is 170 Å². The molecule has 1 atom stereocenters. The Morgan fingerprint density at radius 1 is 1.21 bits per heavy atom. The number of hydrogen-bond acceptors (Lipinski definition) is 4. The third-order valence-corrected chi connectivity index (χ3v) is 4.91. The molecular weight excluding hydrogens is 364 g/mol. The van der Waals surface area contributed by atoms with Gasteiger partial charge >= 0.3 is 0 Å². The number of ether oxygens (including phenoxy) is 1. The van der Waals surface area contributed by atoms with Crippen molar-refractivity contribution in [3.05, 3.63) is 54.6 Å². The summed E-state index contributed by atoms with van der Waals surface area (Å²) in [7, 11) is 0. The zero-order chi connectivity index (χ0) is 20.6. The Morgan fingerprint density at radius 2 is 1.97 bits per heavy atom. The average Bonchev–Trinajstić information content (AvgIpc) is 2.74. The first-order chi connectivity index (χ1) is 14.1. The lowest BCUT2D eigenvalue weighted by molar-refractivity contribution is -0.108. The SMILES string of the molecule is CCC(C)CCOc1ccccc1-c1cc(NC(=N)NC=O)c2ccccc2n1. The van der Waals surface area contributed by atoms with E-state index in [1.165, 1.54) is 0 Å². The predicted molar refractivity (Wildman–Crippen MR) is 117 cm³/mol. The van der Waals surface area contributed by atoms with E-state index in [0.717, 1.165) is 40.8 Å². The van der Waals surface area contributed by atoms with Crippen LogP contribution in [-0.2, 0) is 4.79 Å². The second-order valence-electron chi connectivity index (χ2n) is 6.98. The number of benzene rings is 2. The molecule has 0 radical (unpaired) electrons. The molecule has 0 saturated heterocycles. The van der Waals surface area contributed by atoms with Crippen LogP contribution in [0.15, 0.2) is 54.6 Å². The monoisotopic (exact) mass is 390 g/mol. The van der Waals surface area contributed by atoms with Gasteiger partial charge in [0.25, 0.3) is 0 Å². The number of rotatable bonds is 8. The van der Waals surface area contributed by atoms with Gasteiger partial charge in [0.05, 0.1) is 23.5 Å². The van der Waals surface area contributed by atoms with Crippen LogP contribution in [0.25, 0.3) is 22.2 Å². The van der Waals surface area contributed by atoms with Gasteiger partial charge in [-0.1, -0.05) is 50.6 Å². The Bertz CT molecular complexity index is 1000. The summed E-state index contributed by atoms with van der Waals surface area (Å²) >= 11 is 0. The lowest BCUT2D eigenvalue weighted by Crippen LogP contribution is -2.28. The van der Waals surface area contributed by atoms with E-state index in [-0.39, 0.29) is 5.96 Å². The molecular formula is C23H26N4O2. The molecule has 0 spiro atoms. The highest BCUT2D eigenvalue weighted by atomic mass is 16.5. The van der Waals surface area contributed by atoms with E-state index < -0.39 is 0 Å². The van der Waals surface area contributed by atoms with Crippen molar-refractivity contribution in [3.8, 4) is 17.0 Å². The summed E-state index contributed by atoms with van der Waals surface area (Å²) in [6.45, 7) is 5.06. The quantitative estimate of drug-likeness (QED) is 0.293. The van der Waals surface area contributed by atoms with E-state index in [4.69, 9.17) is 15.1 Å². The highest BCUT2D eigenvalue weighted by Gasteiger charge is 2.12. The van der Waals surface area contributed by atoms with Gasteiger partial charge in [0, 0.05) is 10.9 Å². The van der Waals surface area contributed by atoms with Crippen molar-refractivity contribution in [1.82, 2.24) is 10.3 Å². The number of para-hydroxylation sites is 2. The van der Waals surface area contributed by atoms with E-state index in [1.807, 2.05) is 54.6 Å². The Kier molecular flexibility index (Phi) is 6.79. The molecule has 0 aliphatic heterocycles. The van der Waals surface area contributed by atoms with E-state index in [9.17, 15) is 4.79 Å². The average molecular weight is 390 g/mol. The predicted octanol–water partition coefficient (Wildman–Crippen LogP) is 4.81. The summed E-state index contributed by atoms with van der Waals surface area (Å²) in [4.78, 5) is 15.5. The number of pyridine rings is 1. The largest absolute Gasteiger partial charge is 0.493 e. The summed E-state index contributed by atoms with van der Waals surface area (Å²) in [5.74, 6) is 1.30. The molecule has 0 bridgehead atoms. The third kappa shape index (κ3) is 5.10. The topological polar surface area (TPSA) is 87.1 Å². The summed E-state index contributed by atoms with van der Waals surface area (Å²) < 4.78 is 6.07. The normalized spacial score (nSPS) is 11.7. The first-order valence-electron chi connectivity index (χ1n) is 9.80. The smallest absolute Gasteiger partial charge is 0.213 e. The maximum absolute atomic E-state index is 10.7. The number of fused-ring (bicyclic) bond motifs is 1. The molecule has 0 aliphatic rings. The van der Waals surface area contributed by atoms with Crippen LogP contribution in [0.4, 0.5) is 5.69 Å². The van der Waals surface area contributed by atoms with Crippen molar-refractivity contribution in [2.45, 2.75) is 26.7 Å². The molecule has 1 amide bonds. The van der Waals surface area contributed by atoms with Gasteiger partial charge in [0.1, 0.15) is 5.75 Å². The second kappa shape index (κ2) is 9.68. The van der Waals surface area contributed by atoms with Crippen LogP contribution in [0.3, 0.4) is 0 Å². The number of hydrogen-bond donors (Lipinski definition) is 3. The minimum atomic E-state index is -0.0969. The number of anilines is 1. The lowest BCUT2D eigenvalue weighted by atomic mass is 10.1. The van der Waals surface area contributed by atoms with E-state index in [0.29, 0.717) is 24.6 Å². The molecule has 6 nitrogen and oxygen atoms in total. The van der Waals surface area contributed by atoms with Crippen molar-refractivity contribution in [2.75, 3.05) is 11.9 Å². The first-order valence-corrected chi connectivity index (χ1v) is 9.80. The minimum Gasteiger partial charge on any atom is -0.493 e. The van der Waals surface area contributed by atoms with Crippen molar-refractivity contribution < 1.29 is 9.53 Å². The Balaban J connectivity index is 1.97. The Hall–Kier alpha value is -3.41. The molecule has 2 aromatic carbocycles. The van der Waals surface area contributed by atoms with Crippen LogP contribution >= 0.6 is 0 Å². The van der Waals surface area contributed by atoms with Crippen LogP contribution in [0.2, 0.25) is 0 Å². The fraction of sp³-hybridized carbons (Fsp3) is 0.261. The Morgan fingerprint density at radius 3 is 2.76 bits per heavy atom. The van der Waals surface area contributed by atoms with Gasteiger partial charge in [-0.15, -0.1) is 0 Å². The molecule has 3 rings (SSSR count). The van der Waals surface area contributed by atoms with Gasteiger partial charge < -0.3 is 10.1 Å². The number of amides is 1. The zero-order valence-corrected chi connectivity index (χ0v) is 16.7. The molecule has 1 unspecified atom stereocenters. The number of nitrogens with one attached hydrogen (secondary N) is 3. The molecule has 6 heteroatoms. The van der Waals surface area contributed by atoms with E-state index in [2.05, 4.69) is 24.5 Å². The number of carbonyl (C=O) groups is 1. The molecule has 1 heterocycles. The molecule has 29 heavy (non-hydrogen) atoms. The fourth-order valence-electron chi connectivity index (χ4n) is 3.02. The van der Waals surface area contributed by atoms with Crippen molar-refractivity contribution in [1.29, 1.82) is 5.41 Å². The van der Waals surface area contributed by atoms with Gasteiger partial charge in [-0.05, 0) is 36.6 Å². The maximum atomic E-state index is 10.7. The van der Waals surface area contributed by atoms with E-state index in [1.54, 1.807) is 0 Å². The molecule has 3 aromatic rings. The maximum Gasteiger partial charge on any atom is 0.213 e. The van der Waals surface area contributed by atoms with Gasteiger partial charge in [0.15, 0.2) is 5.96 Å². The van der Waals surface area contributed by atoms with Crippen LogP contribution in [0.5, 0.6) is 5.75 Å². The van der Waals surface area contributed by atoms with Crippen molar-refractivity contribution >= 4 is 29.0 Å². The van der Waals surface area contributed by atoms with E-state index >= 15 is 0 Å². The summed E-state index contributed by atoms with van der Waals surface area (Å²) in [6, 6.07) is 17.4. The van der Waals surface area contributed by atoms with Gasteiger partial charge in [0.2, 0.25) is 6.41 Å². The molecule has 1 aromatic heterocycles. The van der Waals surface area contributed by atoms with Gasteiger partial charge in [-0.2, -0.15) is 0 Å². The second-order valence-corrected chi connectivity index (χ2v) is 6.98. The van der Waals surface area contributed by atoms with Crippen LogP contribution in [0.1, 0.15) is 26.7 Å². The molecule has 150 valence electrons. The third-order valence-electron chi connectivity index (χ3n) is 4.91. The fourth-order valence-corrected chi connectivity index (χ4v) is 3.02. The lowest BCUT2D eigenvalue weighted by Gasteiger charge is -2.15. The zero-order valence-electron chi connectivity index (χ0n) is 16.7. The summed E-state index contributed by atoms with van der Waals surface area (Å²) in [5, 5.41) is 14.0. The standard InChI is InChI=1S/C23H26N4O2/c1-3-16(2)12-13-29-22-11-7-5-9-18(22)21-14-20(27-23(24)25-15-28)17-8-4-6-10-19(17)26-21/h4-11,14-16H,3,12-13H2,1-2H3,(H3,24,25,26,27,28). The van der Waals surface area contributed by atoms with Crippen LogP contribution < -0.4 is 15.4 Å².